The topological polar surface area (TPSA) is 113 Å². The number of rotatable bonds is 8. The summed E-state index contributed by atoms with van der Waals surface area (Å²) in [7, 11) is 0. The summed E-state index contributed by atoms with van der Waals surface area (Å²) in [6, 6.07) is 23.8. The Kier molecular flexibility index (Phi) is 8.07. The number of para-hydroxylation sites is 2. The molecule has 0 spiro atoms. The minimum absolute atomic E-state index is 0.0319. The van der Waals surface area contributed by atoms with Gasteiger partial charge in [-0.3, -0.25) is 14.4 Å². The van der Waals surface area contributed by atoms with E-state index in [-0.39, 0.29) is 23.7 Å². The number of carbonyl (C=O) groups excluding carboxylic acids is 3. The van der Waals surface area contributed by atoms with Crippen molar-refractivity contribution in [2.24, 2.45) is 5.92 Å². The van der Waals surface area contributed by atoms with Crippen molar-refractivity contribution < 1.29 is 23.2 Å². The quantitative estimate of drug-likeness (QED) is 0.190. The van der Waals surface area contributed by atoms with Crippen LogP contribution >= 0.6 is 0 Å². The second-order valence-corrected chi connectivity index (χ2v) is 8.49. The molecule has 0 bridgehead atoms. The van der Waals surface area contributed by atoms with Crippen molar-refractivity contribution in [2.75, 3.05) is 21.7 Å². The summed E-state index contributed by atoms with van der Waals surface area (Å²) in [5, 5.41) is 7.84. The Morgan fingerprint density at radius 1 is 0.684 bits per heavy atom. The first kappa shape index (κ1) is 26.0. The third-order valence-electron chi connectivity index (χ3n) is 5.68. The first-order chi connectivity index (χ1) is 18.3. The van der Waals surface area contributed by atoms with E-state index in [0.717, 1.165) is 12.1 Å². The van der Waals surface area contributed by atoms with Gasteiger partial charge in [-0.05, 0) is 72.6 Å². The molecule has 4 aromatic rings. The Morgan fingerprint density at radius 3 is 1.76 bits per heavy atom. The predicted octanol–water partition coefficient (Wildman–Crippen LogP) is 5.24. The highest BCUT2D eigenvalue weighted by molar-refractivity contribution is 6.11. The van der Waals surface area contributed by atoms with Crippen LogP contribution in [0.15, 0.2) is 97.1 Å². The number of amides is 3. The van der Waals surface area contributed by atoms with Crippen LogP contribution in [-0.2, 0) is 16.0 Å². The molecule has 4 rings (SSSR count). The maximum atomic E-state index is 13.6. The summed E-state index contributed by atoms with van der Waals surface area (Å²) in [5.74, 6) is -4.06. The Bertz CT molecular complexity index is 1420. The zero-order valence-corrected chi connectivity index (χ0v) is 20.1. The number of hydrogen-bond acceptors (Lipinski definition) is 4. The van der Waals surface area contributed by atoms with Gasteiger partial charge in [-0.25, -0.2) is 8.78 Å². The monoisotopic (exact) mass is 514 g/mol. The van der Waals surface area contributed by atoms with Crippen molar-refractivity contribution in [3.05, 3.63) is 120 Å². The van der Waals surface area contributed by atoms with Gasteiger partial charge in [0.1, 0.15) is 17.6 Å². The van der Waals surface area contributed by atoms with Crippen LogP contribution in [0.2, 0.25) is 0 Å². The number of nitrogens with one attached hydrogen (secondary N) is 3. The fourth-order valence-electron chi connectivity index (χ4n) is 3.73. The average Bonchev–Trinajstić information content (AvgIpc) is 2.89. The van der Waals surface area contributed by atoms with Crippen molar-refractivity contribution in [1.29, 1.82) is 0 Å². The first-order valence-corrected chi connectivity index (χ1v) is 11.7. The van der Waals surface area contributed by atoms with Crippen LogP contribution < -0.4 is 21.7 Å². The van der Waals surface area contributed by atoms with Crippen LogP contribution in [0.5, 0.6) is 0 Å². The average molecular weight is 515 g/mol. The molecule has 0 aliphatic rings. The maximum Gasteiger partial charge on any atom is 0.255 e. The standard InChI is InChI=1S/C29H24F2N4O3/c30-20-5-3-7-22(16-20)33-28(37)24(29(38)34-23-8-4-6-21(31)17-23)15-18-11-13-19(14-12-18)27(36)35-26-10-2-1-9-25(26)32/h1-14,16-17,24H,15,32H2,(H,33,37)(H,34,38)(H,35,36). The van der Waals surface area contributed by atoms with E-state index in [1.807, 2.05) is 0 Å². The van der Waals surface area contributed by atoms with Gasteiger partial charge in [0.15, 0.2) is 0 Å². The van der Waals surface area contributed by atoms with Crippen LogP contribution in [0.4, 0.5) is 31.5 Å². The normalized spacial score (nSPS) is 10.6. The van der Waals surface area contributed by atoms with E-state index < -0.39 is 29.4 Å². The van der Waals surface area contributed by atoms with Crippen LogP contribution in [0.3, 0.4) is 0 Å². The van der Waals surface area contributed by atoms with E-state index in [9.17, 15) is 23.2 Å². The molecule has 0 saturated carbocycles. The molecule has 38 heavy (non-hydrogen) atoms. The summed E-state index contributed by atoms with van der Waals surface area (Å²) in [6.07, 6.45) is -0.0319. The number of benzene rings is 4. The number of hydrogen-bond donors (Lipinski definition) is 4. The number of halogens is 2. The lowest BCUT2D eigenvalue weighted by Gasteiger charge is -2.17. The molecule has 7 nitrogen and oxygen atoms in total. The highest BCUT2D eigenvalue weighted by Crippen LogP contribution is 2.20. The molecule has 0 unspecified atom stereocenters. The fourth-order valence-corrected chi connectivity index (χ4v) is 3.73. The molecule has 0 fully saturated rings. The van der Waals surface area contributed by atoms with E-state index in [2.05, 4.69) is 16.0 Å². The summed E-state index contributed by atoms with van der Waals surface area (Å²) < 4.78 is 27.2. The van der Waals surface area contributed by atoms with E-state index in [1.54, 1.807) is 48.5 Å². The fraction of sp³-hybridized carbons (Fsp3) is 0.0690. The molecule has 192 valence electrons. The lowest BCUT2D eigenvalue weighted by Crippen LogP contribution is -2.35. The lowest BCUT2D eigenvalue weighted by molar-refractivity contribution is -0.129. The van der Waals surface area contributed by atoms with Crippen molar-refractivity contribution in [1.82, 2.24) is 0 Å². The third kappa shape index (κ3) is 6.79. The zero-order chi connectivity index (χ0) is 27.1. The van der Waals surface area contributed by atoms with Crippen LogP contribution in [-0.4, -0.2) is 17.7 Å². The number of anilines is 4. The summed E-state index contributed by atoms with van der Waals surface area (Å²) in [6.45, 7) is 0. The zero-order valence-electron chi connectivity index (χ0n) is 20.1. The van der Waals surface area contributed by atoms with Gasteiger partial charge in [-0.1, -0.05) is 36.4 Å². The summed E-state index contributed by atoms with van der Waals surface area (Å²) >= 11 is 0. The van der Waals surface area contributed by atoms with Crippen LogP contribution in [0.1, 0.15) is 15.9 Å². The molecule has 0 aromatic heterocycles. The molecule has 3 amide bonds. The van der Waals surface area contributed by atoms with Gasteiger partial charge in [0.25, 0.3) is 5.91 Å². The van der Waals surface area contributed by atoms with Crippen LogP contribution in [0.25, 0.3) is 0 Å². The predicted molar refractivity (Wildman–Crippen MR) is 143 cm³/mol. The Balaban J connectivity index is 1.51. The molecule has 5 N–H and O–H groups in total. The minimum Gasteiger partial charge on any atom is -0.397 e. The van der Waals surface area contributed by atoms with E-state index in [0.29, 0.717) is 22.5 Å². The van der Waals surface area contributed by atoms with Gasteiger partial charge in [-0.15, -0.1) is 0 Å². The Labute approximate surface area is 217 Å². The van der Waals surface area contributed by atoms with Gasteiger partial charge in [0.2, 0.25) is 11.8 Å². The summed E-state index contributed by atoms with van der Waals surface area (Å²) in [5.41, 5.74) is 8.09. The van der Waals surface area contributed by atoms with Gasteiger partial charge >= 0.3 is 0 Å². The SMILES string of the molecule is Nc1ccccc1NC(=O)c1ccc(CC(C(=O)Nc2cccc(F)c2)C(=O)Nc2cccc(F)c2)cc1. The number of carbonyl (C=O) groups is 3. The van der Waals surface area contributed by atoms with Crippen molar-refractivity contribution in [3.63, 3.8) is 0 Å². The number of nitrogen functional groups attached to an aromatic ring is 1. The van der Waals surface area contributed by atoms with Gasteiger partial charge < -0.3 is 21.7 Å². The van der Waals surface area contributed by atoms with Crippen LogP contribution in [0, 0.1) is 17.6 Å². The second-order valence-electron chi connectivity index (χ2n) is 8.49. The lowest BCUT2D eigenvalue weighted by atomic mass is 9.96. The Morgan fingerprint density at radius 2 is 1.24 bits per heavy atom. The molecule has 0 saturated heterocycles. The Hall–Kier alpha value is -5.05. The molecular weight excluding hydrogens is 490 g/mol. The smallest absolute Gasteiger partial charge is 0.255 e. The largest absolute Gasteiger partial charge is 0.397 e. The molecule has 0 atom stereocenters. The second kappa shape index (κ2) is 11.8. The minimum atomic E-state index is -1.25. The molecule has 0 heterocycles. The first-order valence-electron chi connectivity index (χ1n) is 11.7. The van der Waals surface area contributed by atoms with Crippen molar-refractivity contribution in [2.45, 2.75) is 6.42 Å². The number of nitrogens with two attached hydrogens (primary N) is 1. The highest BCUT2D eigenvalue weighted by atomic mass is 19.1. The van der Waals surface area contributed by atoms with Gasteiger partial charge in [0.05, 0.1) is 11.4 Å². The van der Waals surface area contributed by atoms with E-state index in [4.69, 9.17) is 5.73 Å². The van der Waals surface area contributed by atoms with E-state index in [1.165, 1.54) is 36.4 Å². The third-order valence-corrected chi connectivity index (χ3v) is 5.68. The molecule has 0 aliphatic heterocycles. The molecular formula is C29H24F2N4O3. The molecule has 0 aliphatic carbocycles. The van der Waals surface area contributed by atoms with Gasteiger partial charge in [0, 0.05) is 16.9 Å². The van der Waals surface area contributed by atoms with Crippen molar-refractivity contribution in [3.8, 4) is 0 Å². The molecule has 9 heteroatoms. The van der Waals surface area contributed by atoms with Gasteiger partial charge in [-0.2, -0.15) is 0 Å². The highest BCUT2D eigenvalue weighted by Gasteiger charge is 2.28. The van der Waals surface area contributed by atoms with E-state index >= 15 is 0 Å². The maximum absolute atomic E-state index is 13.6. The molecule has 4 aromatic carbocycles. The molecule has 0 radical (unpaired) electrons. The van der Waals surface area contributed by atoms with Crippen molar-refractivity contribution >= 4 is 40.5 Å². The summed E-state index contributed by atoms with van der Waals surface area (Å²) in [4.78, 5) is 38.8.